The molecule has 1 aliphatic rings. The summed E-state index contributed by atoms with van der Waals surface area (Å²) in [6.07, 6.45) is -0.238. The van der Waals surface area contributed by atoms with E-state index in [-0.39, 0.29) is 30.0 Å². The first-order valence-corrected chi connectivity index (χ1v) is 9.22. The van der Waals surface area contributed by atoms with Crippen LogP contribution in [-0.4, -0.2) is 61.8 Å². The Hall–Kier alpha value is -1.93. The number of carbonyl (C=O) groups is 2. The van der Waals surface area contributed by atoms with Gasteiger partial charge in [0.05, 0.1) is 16.6 Å². The van der Waals surface area contributed by atoms with E-state index in [0.29, 0.717) is 18.7 Å². The molecule has 0 atom stereocenters. The van der Waals surface area contributed by atoms with Gasteiger partial charge in [-0.05, 0) is 38.1 Å². The molecule has 1 aromatic rings. The van der Waals surface area contributed by atoms with Gasteiger partial charge in [-0.2, -0.15) is 4.31 Å². The molecule has 132 valence electrons. The first kappa shape index (κ1) is 18.4. The van der Waals surface area contributed by atoms with Crippen molar-refractivity contribution in [2.24, 2.45) is 0 Å². The molecule has 0 N–H and O–H groups in total. The maximum atomic E-state index is 12.6. The lowest BCUT2D eigenvalue weighted by Gasteiger charge is -2.33. The van der Waals surface area contributed by atoms with E-state index in [1.807, 2.05) is 0 Å². The summed E-state index contributed by atoms with van der Waals surface area (Å²) in [4.78, 5) is 24.9. The summed E-state index contributed by atoms with van der Waals surface area (Å²) in [5.74, 6) is -0.538. The molecule has 24 heavy (non-hydrogen) atoms. The van der Waals surface area contributed by atoms with Gasteiger partial charge < -0.3 is 9.64 Å². The molecule has 1 aromatic carbocycles. The third kappa shape index (κ3) is 4.12. The molecule has 1 aliphatic heterocycles. The number of nitrogens with zero attached hydrogens (tertiary/aromatic N) is 2. The molecule has 7 nitrogen and oxygen atoms in total. The molecule has 1 heterocycles. The van der Waals surface area contributed by atoms with E-state index in [1.165, 1.54) is 35.5 Å². The van der Waals surface area contributed by atoms with E-state index < -0.39 is 16.0 Å². The third-order valence-electron chi connectivity index (χ3n) is 3.75. The molecule has 0 radical (unpaired) electrons. The molecular weight excluding hydrogens is 332 g/mol. The van der Waals surface area contributed by atoms with Crippen molar-refractivity contribution >= 4 is 21.9 Å². The van der Waals surface area contributed by atoms with Crippen LogP contribution in [0.2, 0.25) is 0 Å². The van der Waals surface area contributed by atoms with Crippen molar-refractivity contribution in [3.05, 3.63) is 29.8 Å². The van der Waals surface area contributed by atoms with Crippen molar-refractivity contribution in [1.29, 1.82) is 0 Å². The zero-order valence-corrected chi connectivity index (χ0v) is 14.9. The number of esters is 1. The lowest BCUT2D eigenvalue weighted by atomic mass is 10.2. The van der Waals surface area contributed by atoms with Gasteiger partial charge >= 0.3 is 5.97 Å². The molecular formula is C16H22N2O5S. The van der Waals surface area contributed by atoms with Gasteiger partial charge in [0.25, 0.3) is 0 Å². The second kappa shape index (κ2) is 7.31. The SMILES string of the molecule is CC(=O)N1CCN(S(=O)(=O)c2ccc(C(=O)OC(C)C)cc2)CC1. The van der Waals surface area contributed by atoms with Gasteiger partial charge in [-0.25, -0.2) is 13.2 Å². The van der Waals surface area contributed by atoms with Crippen LogP contribution in [0.3, 0.4) is 0 Å². The first-order chi connectivity index (χ1) is 11.2. The lowest BCUT2D eigenvalue weighted by Crippen LogP contribution is -2.49. The number of carbonyl (C=O) groups excluding carboxylic acids is 2. The van der Waals surface area contributed by atoms with Crippen molar-refractivity contribution < 1.29 is 22.7 Å². The minimum absolute atomic E-state index is 0.0555. The first-order valence-electron chi connectivity index (χ1n) is 7.78. The largest absolute Gasteiger partial charge is 0.459 e. The summed E-state index contributed by atoms with van der Waals surface area (Å²) < 4.78 is 31.7. The molecule has 0 spiro atoms. The Morgan fingerprint density at radius 1 is 1.04 bits per heavy atom. The fourth-order valence-electron chi connectivity index (χ4n) is 2.44. The zero-order valence-electron chi connectivity index (χ0n) is 14.1. The predicted molar refractivity (Wildman–Crippen MR) is 88.0 cm³/mol. The summed E-state index contributed by atoms with van der Waals surface area (Å²) in [6, 6.07) is 5.71. The Labute approximate surface area is 142 Å². The standard InChI is InChI=1S/C16H22N2O5S/c1-12(2)23-16(20)14-4-6-15(7-5-14)24(21,22)18-10-8-17(9-11-18)13(3)19/h4-7,12H,8-11H2,1-3H3. The molecule has 0 unspecified atom stereocenters. The monoisotopic (exact) mass is 354 g/mol. The van der Waals surface area contributed by atoms with E-state index in [1.54, 1.807) is 18.7 Å². The molecule has 0 bridgehead atoms. The molecule has 2 rings (SSSR count). The van der Waals surface area contributed by atoms with Crippen LogP contribution in [0.25, 0.3) is 0 Å². The molecule has 0 aliphatic carbocycles. The van der Waals surface area contributed by atoms with Crippen LogP contribution in [-0.2, 0) is 19.6 Å². The van der Waals surface area contributed by atoms with Crippen molar-refractivity contribution in [3.63, 3.8) is 0 Å². The summed E-state index contributed by atoms with van der Waals surface area (Å²) in [5, 5.41) is 0. The van der Waals surface area contributed by atoms with Crippen LogP contribution in [0.1, 0.15) is 31.1 Å². The van der Waals surface area contributed by atoms with E-state index in [0.717, 1.165) is 0 Å². The van der Waals surface area contributed by atoms with Gasteiger partial charge in [0.1, 0.15) is 0 Å². The Bertz CT molecular complexity index is 704. The summed E-state index contributed by atoms with van der Waals surface area (Å²) in [5.41, 5.74) is 0.309. The minimum atomic E-state index is -3.63. The van der Waals surface area contributed by atoms with E-state index in [9.17, 15) is 18.0 Å². The van der Waals surface area contributed by atoms with E-state index in [2.05, 4.69) is 0 Å². The van der Waals surface area contributed by atoms with Crippen LogP contribution >= 0.6 is 0 Å². The highest BCUT2D eigenvalue weighted by molar-refractivity contribution is 7.89. The smallest absolute Gasteiger partial charge is 0.338 e. The molecule has 1 amide bonds. The molecule has 8 heteroatoms. The van der Waals surface area contributed by atoms with E-state index in [4.69, 9.17) is 4.74 Å². The number of rotatable bonds is 4. The number of sulfonamides is 1. The highest BCUT2D eigenvalue weighted by Crippen LogP contribution is 2.19. The minimum Gasteiger partial charge on any atom is -0.459 e. The van der Waals surface area contributed by atoms with Crippen molar-refractivity contribution in [3.8, 4) is 0 Å². The fraction of sp³-hybridized carbons (Fsp3) is 0.500. The second-order valence-corrected chi connectivity index (χ2v) is 7.83. The normalized spacial score (nSPS) is 16.2. The summed E-state index contributed by atoms with van der Waals surface area (Å²) >= 11 is 0. The van der Waals surface area contributed by atoms with Crippen LogP contribution in [0, 0.1) is 0 Å². The van der Waals surface area contributed by atoms with E-state index >= 15 is 0 Å². The average Bonchev–Trinajstić information content (AvgIpc) is 2.54. The second-order valence-electron chi connectivity index (χ2n) is 5.89. The van der Waals surface area contributed by atoms with Crippen LogP contribution in [0.15, 0.2) is 29.2 Å². The van der Waals surface area contributed by atoms with Gasteiger partial charge in [-0.15, -0.1) is 0 Å². The maximum Gasteiger partial charge on any atom is 0.338 e. The Morgan fingerprint density at radius 3 is 2.04 bits per heavy atom. The van der Waals surface area contributed by atoms with Crippen molar-refractivity contribution in [1.82, 2.24) is 9.21 Å². The average molecular weight is 354 g/mol. The summed E-state index contributed by atoms with van der Waals surface area (Å²) in [7, 11) is -3.63. The quantitative estimate of drug-likeness (QED) is 0.756. The predicted octanol–water partition coefficient (Wildman–Crippen LogP) is 1.10. The molecule has 0 saturated carbocycles. The molecule has 1 saturated heterocycles. The highest BCUT2D eigenvalue weighted by atomic mass is 32.2. The van der Waals surface area contributed by atoms with Crippen molar-refractivity contribution in [2.45, 2.75) is 31.8 Å². The Kier molecular flexibility index (Phi) is 5.61. The number of piperazine rings is 1. The molecule has 1 fully saturated rings. The Morgan fingerprint density at radius 2 is 1.58 bits per heavy atom. The van der Waals surface area contributed by atoms with Gasteiger partial charge in [0.15, 0.2) is 0 Å². The number of benzene rings is 1. The number of amides is 1. The molecule has 0 aromatic heterocycles. The number of ether oxygens (including phenoxy) is 1. The highest BCUT2D eigenvalue weighted by Gasteiger charge is 2.29. The fourth-order valence-corrected chi connectivity index (χ4v) is 3.86. The van der Waals surface area contributed by atoms with Gasteiger partial charge in [-0.3, -0.25) is 4.79 Å². The van der Waals surface area contributed by atoms with Gasteiger partial charge in [-0.1, -0.05) is 0 Å². The van der Waals surface area contributed by atoms with Gasteiger partial charge in [0.2, 0.25) is 15.9 Å². The zero-order chi connectivity index (χ0) is 17.9. The van der Waals surface area contributed by atoms with Crippen LogP contribution in [0.4, 0.5) is 0 Å². The third-order valence-corrected chi connectivity index (χ3v) is 5.67. The number of hydrogen-bond donors (Lipinski definition) is 0. The van der Waals surface area contributed by atoms with Crippen LogP contribution < -0.4 is 0 Å². The lowest BCUT2D eigenvalue weighted by molar-refractivity contribution is -0.129. The van der Waals surface area contributed by atoms with Crippen LogP contribution in [0.5, 0.6) is 0 Å². The number of hydrogen-bond acceptors (Lipinski definition) is 5. The topological polar surface area (TPSA) is 84.0 Å². The summed E-state index contributed by atoms with van der Waals surface area (Å²) in [6.45, 7) is 6.26. The maximum absolute atomic E-state index is 12.6. The van der Waals surface area contributed by atoms with Crippen molar-refractivity contribution in [2.75, 3.05) is 26.2 Å². The Balaban J connectivity index is 2.10. The van der Waals surface area contributed by atoms with Gasteiger partial charge in [0, 0.05) is 33.1 Å².